The van der Waals surface area contributed by atoms with E-state index >= 15 is 0 Å². The Bertz CT molecular complexity index is 757. The van der Waals surface area contributed by atoms with E-state index in [0.29, 0.717) is 0 Å². The Kier molecular flexibility index (Phi) is 4.49. The second kappa shape index (κ2) is 6.94. The highest BCUT2D eigenvalue weighted by Gasteiger charge is 2.40. The number of anilines is 1. The topological polar surface area (TPSA) is 69.7 Å². The number of hydrogen-bond acceptors (Lipinski definition) is 4. The number of hydrogen-bond donors (Lipinski definition) is 1. The van der Waals surface area contributed by atoms with E-state index < -0.39 is 17.8 Å². The Morgan fingerprint density at radius 2 is 1.58 bits per heavy atom. The van der Waals surface area contributed by atoms with Gasteiger partial charge in [-0.3, -0.25) is 19.8 Å². The van der Waals surface area contributed by atoms with Crippen LogP contribution in [0.4, 0.5) is 10.5 Å². The summed E-state index contributed by atoms with van der Waals surface area (Å²) < 4.78 is 0. The van der Waals surface area contributed by atoms with Crippen LogP contribution < -0.4 is 10.2 Å². The van der Waals surface area contributed by atoms with Gasteiger partial charge in [0.1, 0.15) is 5.57 Å². The number of nitrogens with zero attached hydrogens (tertiary/aromatic N) is 2. The summed E-state index contributed by atoms with van der Waals surface area (Å²) in [5, 5.41) is 2.31. The first kappa shape index (κ1) is 16.8. The number of carbonyl (C=O) groups is 3. The molecule has 2 saturated heterocycles. The summed E-state index contributed by atoms with van der Waals surface area (Å²) in [5.41, 5.74) is 1.98. The fraction of sp³-hybridized carbons (Fsp3) is 0.450. The summed E-state index contributed by atoms with van der Waals surface area (Å²) in [4.78, 5) is 40.7. The molecule has 0 aromatic heterocycles. The lowest BCUT2D eigenvalue weighted by atomic mass is 10.0. The predicted molar refractivity (Wildman–Crippen MR) is 98.5 cm³/mol. The molecule has 4 rings (SSSR count). The molecule has 2 heterocycles. The molecular formula is C20H23N3O3. The van der Waals surface area contributed by atoms with Crippen LogP contribution in [0.25, 0.3) is 6.08 Å². The van der Waals surface area contributed by atoms with Gasteiger partial charge in [-0.25, -0.2) is 4.79 Å². The largest absolute Gasteiger partial charge is 0.372 e. The smallest absolute Gasteiger partial charge is 0.331 e. The van der Waals surface area contributed by atoms with E-state index in [1.54, 1.807) is 6.08 Å². The van der Waals surface area contributed by atoms with Crippen molar-refractivity contribution in [1.82, 2.24) is 10.2 Å². The van der Waals surface area contributed by atoms with E-state index in [9.17, 15) is 14.4 Å². The zero-order chi connectivity index (χ0) is 18.1. The van der Waals surface area contributed by atoms with Crippen LogP contribution in [0.2, 0.25) is 0 Å². The molecule has 1 aromatic carbocycles. The Morgan fingerprint density at radius 1 is 0.923 bits per heavy atom. The minimum Gasteiger partial charge on any atom is -0.372 e. The van der Waals surface area contributed by atoms with E-state index in [-0.39, 0.29) is 11.6 Å². The minimum atomic E-state index is -0.613. The highest BCUT2D eigenvalue weighted by Crippen LogP contribution is 2.27. The summed E-state index contributed by atoms with van der Waals surface area (Å²) in [6.45, 7) is 2.14. The number of amides is 4. The number of nitrogens with one attached hydrogen (secondary N) is 1. The molecule has 0 radical (unpaired) electrons. The SMILES string of the molecule is O=C1NC(=O)N(C2CCCC2)C(=O)/C1=C\c1ccc(N2CCCC2)cc1. The van der Waals surface area contributed by atoms with E-state index in [4.69, 9.17) is 0 Å². The van der Waals surface area contributed by atoms with Gasteiger partial charge in [-0.1, -0.05) is 25.0 Å². The normalized spacial score (nSPS) is 23.2. The van der Waals surface area contributed by atoms with Gasteiger partial charge in [0.2, 0.25) is 0 Å². The number of rotatable bonds is 3. The van der Waals surface area contributed by atoms with Crippen molar-refractivity contribution in [1.29, 1.82) is 0 Å². The van der Waals surface area contributed by atoms with Crippen LogP contribution in [0.5, 0.6) is 0 Å². The van der Waals surface area contributed by atoms with Crippen molar-refractivity contribution >= 4 is 29.6 Å². The first-order valence-electron chi connectivity index (χ1n) is 9.39. The summed E-state index contributed by atoms with van der Waals surface area (Å²) in [6.07, 6.45) is 7.65. The van der Waals surface area contributed by atoms with Gasteiger partial charge in [0.15, 0.2) is 0 Å². The lowest BCUT2D eigenvalue weighted by Gasteiger charge is -2.31. The lowest BCUT2D eigenvalue weighted by Crippen LogP contribution is -2.57. The maximum absolute atomic E-state index is 12.8. The average molecular weight is 353 g/mol. The number of carbonyl (C=O) groups excluding carboxylic acids is 3. The molecule has 2 aliphatic heterocycles. The monoisotopic (exact) mass is 353 g/mol. The van der Waals surface area contributed by atoms with Gasteiger partial charge in [-0.2, -0.15) is 0 Å². The third kappa shape index (κ3) is 3.11. The van der Waals surface area contributed by atoms with Crippen molar-refractivity contribution in [3.63, 3.8) is 0 Å². The molecule has 3 aliphatic rings. The first-order chi connectivity index (χ1) is 12.6. The molecule has 1 aromatic rings. The van der Waals surface area contributed by atoms with Crippen LogP contribution in [0.3, 0.4) is 0 Å². The summed E-state index contributed by atoms with van der Waals surface area (Å²) in [5.74, 6) is -1.09. The average Bonchev–Trinajstić information content (AvgIpc) is 3.33. The van der Waals surface area contributed by atoms with E-state index in [1.807, 2.05) is 24.3 Å². The predicted octanol–water partition coefficient (Wildman–Crippen LogP) is 2.69. The van der Waals surface area contributed by atoms with Gasteiger partial charge in [0, 0.05) is 24.8 Å². The second-order valence-electron chi connectivity index (χ2n) is 7.22. The number of barbiturate groups is 1. The van der Waals surface area contributed by atoms with E-state index in [0.717, 1.165) is 50.0 Å². The third-order valence-electron chi connectivity index (χ3n) is 5.50. The van der Waals surface area contributed by atoms with Crippen LogP contribution in [0, 0.1) is 0 Å². The second-order valence-corrected chi connectivity index (χ2v) is 7.22. The molecule has 6 heteroatoms. The third-order valence-corrected chi connectivity index (χ3v) is 5.50. The summed E-state index contributed by atoms with van der Waals surface area (Å²) in [6, 6.07) is 7.17. The summed E-state index contributed by atoms with van der Waals surface area (Å²) in [7, 11) is 0. The molecule has 0 spiro atoms. The Hall–Kier alpha value is -2.63. The molecule has 1 saturated carbocycles. The van der Waals surface area contributed by atoms with E-state index in [1.165, 1.54) is 17.7 Å². The van der Waals surface area contributed by atoms with Gasteiger partial charge in [-0.15, -0.1) is 0 Å². The zero-order valence-electron chi connectivity index (χ0n) is 14.7. The van der Waals surface area contributed by atoms with Crippen LogP contribution in [-0.2, 0) is 9.59 Å². The Balaban J connectivity index is 1.57. The van der Waals surface area contributed by atoms with Crippen molar-refractivity contribution in [2.75, 3.05) is 18.0 Å². The van der Waals surface area contributed by atoms with Gasteiger partial charge in [-0.05, 0) is 49.5 Å². The Labute approximate surface area is 152 Å². The first-order valence-corrected chi connectivity index (χ1v) is 9.39. The fourth-order valence-corrected chi connectivity index (χ4v) is 4.09. The van der Waals surface area contributed by atoms with Crippen LogP contribution in [-0.4, -0.2) is 41.9 Å². The fourth-order valence-electron chi connectivity index (χ4n) is 4.09. The molecule has 0 bridgehead atoms. The van der Waals surface area contributed by atoms with Gasteiger partial charge in [0.25, 0.3) is 11.8 Å². The van der Waals surface area contributed by atoms with Crippen molar-refractivity contribution in [3.05, 3.63) is 35.4 Å². The molecule has 1 aliphatic carbocycles. The molecule has 4 amide bonds. The highest BCUT2D eigenvalue weighted by atomic mass is 16.2. The number of imide groups is 2. The standard InChI is InChI=1S/C20H23N3O3/c24-18-17(19(25)23(20(26)21-18)16-5-1-2-6-16)13-14-7-9-15(10-8-14)22-11-3-4-12-22/h7-10,13,16H,1-6,11-12H2,(H,21,24,26)/b17-13-. The molecule has 136 valence electrons. The number of urea groups is 1. The van der Waals surface area contributed by atoms with Crippen LogP contribution in [0.1, 0.15) is 44.1 Å². The van der Waals surface area contributed by atoms with E-state index in [2.05, 4.69) is 10.2 Å². The maximum atomic E-state index is 12.8. The molecule has 0 unspecified atom stereocenters. The van der Waals surface area contributed by atoms with Crippen molar-refractivity contribution < 1.29 is 14.4 Å². The van der Waals surface area contributed by atoms with Gasteiger partial charge in [0.05, 0.1) is 0 Å². The Morgan fingerprint density at radius 3 is 2.23 bits per heavy atom. The summed E-state index contributed by atoms with van der Waals surface area (Å²) >= 11 is 0. The molecule has 1 N–H and O–H groups in total. The van der Waals surface area contributed by atoms with Crippen LogP contribution in [0.15, 0.2) is 29.8 Å². The molecule has 6 nitrogen and oxygen atoms in total. The van der Waals surface area contributed by atoms with Gasteiger partial charge < -0.3 is 4.90 Å². The highest BCUT2D eigenvalue weighted by molar-refractivity contribution is 6.31. The van der Waals surface area contributed by atoms with Gasteiger partial charge >= 0.3 is 6.03 Å². The molecule has 26 heavy (non-hydrogen) atoms. The maximum Gasteiger partial charge on any atom is 0.331 e. The number of benzene rings is 1. The van der Waals surface area contributed by atoms with Crippen LogP contribution >= 0.6 is 0 Å². The van der Waals surface area contributed by atoms with Crippen molar-refractivity contribution in [3.8, 4) is 0 Å². The minimum absolute atomic E-state index is 0.0328. The molecule has 0 atom stereocenters. The zero-order valence-corrected chi connectivity index (χ0v) is 14.7. The van der Waals surface area contributed by atoms with Crippen molar-refractivity contribution in [2.45, 2.75) is 44.6 Å². The lowest BCUT2D eigenvalue weighted by molar-refractivity contribution is -0.131. The molecular weight excluding hydrogens is 330 g/mol. The quantitative estimate of drug-likeness (QED) is 0.670. The van der Waals surface area contributed by atoms with Crippen molar-refractivity contribution in [2.24, 2.45) is 0 Å². The molecule has 3 fully saturated rings.